The number of amides is 1. The Morgan fingerprint density at radius 2 is 2.12 bits per heavy atom. The van der Waals surface area contributed by atoms with Crippen molar-refractivity contribution in [2.75, 3.05) is 33.8 Å². The van der Waals surface area contributed by atoms with Crippen molar-refractivity contribution in [3.8, 4) is 5.75 Å². The Balaban J connectivity index is 1.36. The molecule has 2 aliphatic carbocycles. The van der Waals surface area contributed by atoms with E-state index in [2.05, 4.69) is 23.1 Å². The number of furan rings is 1. The summed E-state index contributed by atoms with van der Waals surface area (Å²) >= 11 is 0. The Morgan fingerprint density at radius 3 is 2.85 bits per heavy atom. The van der Waals surface area contributed by atoms with E-state index >= 15 is 0 Å². The number of benzene rings is 1. The molecule has 2 aromatic rings. The third kappa shape index (κ3) is 4.68. The lowest BCUT2D eigenvalue weighted by molar-refractivity contribution is -0.128. The highest BCUT2D eigenvalue weighted by molar-refractivity contribution is 5.92. The highest BCUT2D eigenvalue weighted by Crippen LogP contribution is 2.51. The Morgan fingerprint density at radius 1 is 1.26 bits per heavy atom. The van der Waals surface area contributed by atoms with Gasteiger partial charge in [0.2, 0.25) is 5.91 Å². The van der Waals surface area contributed by atoms with Crippen LogP contribution in [0.15, 0.2) is 47.1 Å². The van der Waals surface area contributed by atoms with E-state index in [4.69, 9.17) is 9.15 Å². The smallest absolute Gasteiger partial charge is 0.246 e. The van der Waals surface area contributed by atoms with Gasteiger partial charge in [-0.2, -0.15) is 0 Å². The van der Waals surface area contributed by atoms with Crippen molar-refractivity contribution in [2.45, 2.75) is 56.9 Å². The molecule has 1 amide bonds. The summed E-state index contributed by atoms with van der Waals surface area (Å²) in [6.07, 6.45) is 12.4. The molecule has 182 valence electrons. The number of likely N-dealkylation sites (tertiary alicyclic amines) is 1. The molecule has 1 aliphatic heterocycles. The summed E-state index contributed by atoms with van der Waals surface area (Å²) in [7, 11) is 3.72. The molecule has 5 nitrogen and oxygen atoms in total. The van der Waals surface area contributed by atoms with Crippen LogP contribution in [0.25, 0.3) is 6.08 Å². The van der Waals surface area contributed by atoms with Crippen molar-refractivity contribution in [3.63, 3.8) is 0 Å². The SMILES string of the molecule is COc1cccc([C@@]23CCN(CC4CC4)C[C@H]2CC[C@@H](N(C)C(=O)/C=C/c2ccoc2C)C3)c1. The minimum absolute atomic E-state index is 0.0658. The molecule has 1 aromatic heterocycles. The molecule has 34 heavy (non-hydrogen) atoms. The van der Waals surface area contributed by atoms with E-state index in [0.29, 0.717) is 5.92 Å². The third-order valence-corrected chi connectivity index (χ3v) is 8.64. The fourth-order valence-electron chi connectivity index (χ4n) is 6.31. The number of nitrogens with zero attached hydrogens (tertiary/aromatic N) is 2. The number of aryl methyl sites for hydroxylation is 1. The summed E-state index contributed by atoms with van der Waals surface area (Å²) in [6, 6.07) is 10.8. The van der Waals surface area contributed by atoms with Crippen molar-refractivity contribution in [2.24, 2.45) is 11.8 Å². The maximum atomic E-state index is 13.1. The minimum Gasteiger partial charge on any atom is -0.497 e. The van der Waals surface area contributed by atoms with Gasteiger partial charge in [0.25, 0.3) is 0 Å². The van der Waals surface area contributed by atoms with E-state index in [0.717, 1.165) is 55.2 Å². The van der Waals surface area contributed by atoms with Crippen molar-refractivity contribution in [1.82, 2.24) is 9.80 Å². The molecule has 1 saturated heterocycles. The zero-order valence-corrected chi connectivity index (χ0v) is 20.8. The summed E-state index contributed by atoms with van der Waals surface area (Å²) in [5, 5.41) is 0. The summed E-state index contributed by atoms with van der Waals surface area (Å²) in [6.45, 7) is 5.51. The van der Waals surface area contributed by atoms with Crippen LogP contribution >= 0.6 is 0 Å². The second-order valence-corrected chi connectivity index (χ2v) is 10.7. The number of carbonyl (C=O) groups is 1. The summed E-state index contributed by atoms with van der Waals surface area (Å²) in [5.74, 6) is 3.38. The molecule has 3 atom stereocenters. The van der Waals surface area contributed by atoms with Gasteiger partial charge in [0.1, 0.15) is 11.5 Å². The molecule has 3 fully saturated rings. The Labute approximate surface area is 203 Å². The lowest BCUT2D eigenvalue weighted by Gasteiger charge is -2.54. The molecule has 0 N–H and O–H groups in total. The van der Waals surface area contributed by atoms with Crippen LogP contribution in [-0.2, 0) is 10.2 Å². The monoisotopic (exact) mass is 462 g/mol. The van der Waals surface area contributed by atoms with Gasteiger partial charge in [0.15, 0.2) is 0 Å². The summed E-state index contributed by atoms with van der Waals surface area (Å²) in [4.78, 5) is 17.8. The number of fused-ring (bicyclic) bond motifs is 1. The van der Waals surface area contributed by atoms with Gasteiger partial charge in [-0.1, -0.05) is 12.1 Å². The first-order valence-corrected chi connectivity index (χ1v) is 12.8. The first-order chi connectivity index (χ1) is 16.5. The highest BCUT2D eigenvalue weighted by atomic mass is 16.5. The van der Waals surface area contributed by atoms with Gasteiger partial charge >= 0.3 is 0 Å². The fraction of sp³-hybridized carbons (Fsp3) is 0.552. The van der Waals surface area contributed by atoms with Gasteiger partial charge in [0.05, 0.1) is 13.4 Å². The lowest BCUT2D eigenvalue weighted by atomic mass is 9.57. The first kappa shape index (κ1) is 23.2. The normalized spacial score (nSPS) is 27.5. The summed E-state index contributed by atoms with van der Waals surface area (Å²) < 4.78 is 11.0. The van der Waals surface area contributed by atoms with Crippen molar-refractivity contribution < 1.29 is 13.9 Å². The van der Waals surface area contributed by atoms with Crippen LogP contribution in [-0.4, -0.2) is 55.5 Å². The molecular weight excluding hydrogens is 424 g/mol. The number of likely N-dealkylation sites (N-methyl/N-ethyl adjacent to an activating group) is 1. The number of carbonyl (C=O) groups excluding carboxylic acids is 1. The average molecular weight is 463 g/mol. The first-order valence-electron chi connectivity index (χ1n) is 12.8. The maximum absolute atomic E-state index is 13.1. The van der Waals surface area contributed by atoms with Crippen LogP contribution in [0.1, 0.15) is 55.4 Å². The van der Waals surface area contributed by atoms with E-state index in [9.17, 15) is 4.79 Å². The number of hydrogen-bond donors (Lipinski definition) is 0. The Kier molecular flexibility index (Phi) is 6.57. The fourth-order valence-corrected chi connectivity index (χ4v) is 6.31. The van der Waals surface area contributed by atoms with Crippen molar-refractivity contribution in [1.29, 1.82) is 0 Å². The topological polar surface area (TPSA) is 45.9 Å². The van der Waals surface area contributed by atoms with E-state index in [1.807, 2.05) is 37.1 Å². The van der Waals surface area contributed by atoms with Crippen LogP contribution in [0.4, 0.5) is 0 Å². The van der Waals surface area contributed by atoms with Crippen LogP contribution in [0, 0.1) is 18.8 Å². The number of rotatable bonds is 7. The number of piperidine rings is 1. The van der Waals surface area contributed by atoms with Crippen molar-refractivity contribution >= 4 is 12.0 Å². The molecule has 0 unspecified atom stereocenters. The molecule has 0 bridgehead atoms. The van der Waals surface area contributed by atoms with E-state index < -0.39 is 0 Å². The van der Waals surface area contributed by atoms with Crippen LogP contribution in [0.3, 0.4) is 0 Å². The molecule has 0 spiro atoms. The third-order valence-electron chi connectivity index (χ3n) is 8.64. The number of methoxy groups -OCH3 is 1. The van der Waals surface area contributed by atoms with Gasteiger partial charge in [-0.15, -0.1) is 0 Å². The van der Waals surface area contributed by atoms with Gasteiger partial charge in [0, 0.05) is 43.2 Å². The standard InChI is InChI=1S/C29H38N2O3/c1-21-23(13-16-34-21)9-12-28(32)30(2)26-11-10-25-20-31(19-22-7-8-22)15-14-29(25,18-26)24-5-4-6-27(17-24)33-3/h4-6,9,12-13,16-17,22,25-26H,7-8,10-11,14-15,18-20H2,1-3H3/b12-9+/t25-,26-,29+/m1/s1. The Bertz CT molecular complexity index is 1040. The van der Waals surface area contributed by atoms with E-state index in [1.165, 1.54) is 31.5 Å². The van der Waals surface area contributed by atoms with Gasteiger partial charge in [-0.05, 0) is 93.7 Å². The molecule has 2 heterocycles. The molecule has 0 radical (unpaired) electrons. The molecular formula is C29H38N2O3. The van der Waals surface area contributed by atoms with Crippen LogP contribution in [0.5, 0.6) is 5.75 Å². The molecule has 2 saturated carbocycles. The lowest BCUT2D eigenvalue weighted by Crippen LogP contribution is -2.56. The average Bonchev–Trinajstić information content (AvgIpc) is 3.59. The predicted molar refractivity (Wildman–Crippen MR) is 135 cm³/mol. The number of hydrogen-bond acceptors (Lipinski definition) is 4. The summed E-state index contributed by atoms with van der Waals surface area (Å²) in [5.41, 5.74) is 2.44. The molecule has 1 aromatic carbocycles. The quantitative estimate of drug-likeness (QED) is 0.525. The molecule has 3 aliphatic rings. The second kappa shape index (κ2) is 9.61. The zero-order chi connectivity index (χ0) is 23.7. The number of ether oxygens (including phenoxy) is 1. The second-order valence-electron chi connectivity index (χ2n) is 10.7. The highest BCUT2D eigenvalue weighted by Gasteiger charge is 2.49. The maximum Gasteiger partial charge on any atom is 0.246 e. The van der Waals surface area contributed by atoms with Crippen molar-refractivity contribution in [3.05, 3.63) is 59.6 Å². The van der Waals surface area contributed by atoms with Crippen LogP contribution in [0.2, 0.25) is 0 Å². The van der Waals surface area contributed by atoms with E-state index in [1.54, 1.807) is 19.4 Å². The van der Waals surface area contributed by atoms with Gasteiger partial charge < -0.3 is 19.0 Å². The predicted octanol–water partition coefficient (Wildman–Crippen LogP) is 5.29. The molecule has 5 heteroatoms. The van der Waals surface area contributed by atoms with E-state index in [-0.39, 0.29) is 17.4 Å². The minimum atomic E-state index is 0.0658. The van der Waals surface area contributed by atoms with Gasteiger partial charge in [-0.25, -0.2) is 0 Å². The molecule has 5 rings (SSSR count). The van der Waals surface area contributed by atoms with Gasteiger partial charge in [-0.3, -0.25) is 4.79 Å². The zero-order valence-electron chi connectivity index (χ0n) is 20.8. The van der Waals surface area contributed by atoms with Crippen LogP contribution < -0.4 is 4.74 Å². The Hall–Kier alpha value is -2.53. The largest absolute Gasteiger partial charge is 0.497 e.